The molecule has 2 aromatic rings. The lowest BCUT2D eigenvalue weighted by atomic mass is 10.1. The first kappa shape index (κ1) is 12.6. The van der Waals surface area contributed by atoms with Gasteiger partial charge < -0.3 is 15.1 Å². The zero-order chi connectivity index (χ0) is 13.1. The molecule has 1 atom stereocenters. The van der Waals surface area contributed by atoms with E-state index in [2.05, 4.69) is 0 Å². The van der Waals surface area contributed by atoms with Crippen molar-refractivity contribution in [3.05, 3.63) is 30.5 Å². The molecule has 0 aliphatic carbocycles. The van der Waals surface area contributed by atoms with Crippen LogP contribution in [0.2, 0.25) is 0 Å². The molecule has 0 fully saturated rings. The normalized spacial score (nSPS) is 12.6. The number of hydrogen-bond donors (Lipinski definition) is 1. The van der Waals surface area contributed by atoms with Gasteiger partial charge in [-0.25, -0.2) is 0 Å². The Bertz CT molecular complexity index is 547. The molecule has 1 heterocycles. The maximum atomic E-state index is 12.2. The van der Waals surface area contributed by atoms with Crippen LogP contribution in [-0.4, -0.2) is 19.5 Å². The summed E-state index contributed by atoms with van der Waals surface area (Å²) in [5.41, 5.74) is 7.08. The van der Waals surface area contributed by atoms with Crippen LogP contribution in [0.15, 0.2) is 34.9 Å². The Balaban J connectivity index is 2.28. The molecule has 4 nitrogen and oxygen atoms in total. The van der Waals surface area contributed by atoms with Crippen LogP contribution < -0.4 is 10.6 Å². The Labute approximate surface area is 106 Å². The fourth-order valence-corrected chi connectivity index (χ4v) is 2.05. The summed E-state index contributed by atoms with van der Waals surface area (Å²) in [5, 5.41) is 0.952. The number of carbonyl (C=O) groups is 1. The van der Waals surface area contributed by atoms with E-state index in [1.807, 2.05) is 31.2 Å². The molecule has 0 saturated carbocycles. The van der Waals surface area contributed by atoms with Crippen molar-refractivity contribution in [3.63, 3.8) is 0 Å². The third-order valence-corrected chi connectivity index (χ3v) is 3.17. The van der Waals surface area contributed by atoms with E-state index in [1.54, 1.807) is 18.2 Å². The smallest absolute Gasteiger partial charge is 0.229 e. The van der Waals surface area contributed by atoms with Gasteiger partial charge in [0.05, 0.1) is 5.69 Å². The lowest BCUT2D eigenvalue weighted by molar-refractivity contribution is -0.121. The van der Waals surface area contributed by atoms with Crippen molar-refractivity contribution in [2.75, 3.05) is 18.5 Å². The molecule has 96 valence electrons. The second-order valence-electron chi connectivity index (χ2n) is 4.49. The van der Waals surface area contributed by atoms with E-state index in [1.165, 1.54) is 0 Å². The fourth-order valence-electron chi connectivity index (χ4n) is 2.05. The molecule has 4 heteroatoms. The largest absolute Gasteiger partial charge is 0.462 e. The quantitative estimate of drug-likeness (QED) is 0.901. The summed E-state index contributed by atoms with van der Waals surface area (Å²) in [7, 11) is 1.77. The van der Waals surface area contributed by atoms with Crippen molar-refractivity contribution in [2.24, 2.45) is 11.7 Å². The first-order valence-corrected chi connectivity index (χ1v) is 6.09. The molecular formula is C14H18N2O2. The Hall–Kier alpha value is -1.81. The van der Waals surface area contributed by atoms with Crippen molar-refractivity contribution in [1.82, 2.24) is 0 Å². The number of para-hydroxylation sites is 1. The first-order valence-electron chi connectivity index (χ1n) is 6.09. The van der Waals surface area contributed by atoms with Crippen LogP contribution in [0, 0.1) is 5.92 Å². The molecule has 1 unspecified atom stereocenters. The zero-order valence-corrected chi connectivity index (χ0v) is 10.7. The van der Waals surface area contributed by atoms with Gasteiger partial charge in [-0.1, -0.05) is 19.1 Å². The third kappa shape index (κ3) is 2.24. The number of nitrogens with two attached hydrogens (primary N) is 1. The lowest BCUT2D eigenvalue weighted by Gasteiger charge is -2.19. The molecule has 1 aromatic heterocycles. The molecule has 0 spiro atoms. The highest BCUT2D eigenvalue weighted by Crippen LogP contribution is 2.29. The van der Waals surface area contributed by atoms with Gasteiger partial charge in [-0.2, -0.15) is 0 Å². The molecule has 0 aliphatic heterocycles. The summed E-state index contributed by atoms with van der Waals surface area (Å²) < 4.78 is 5.44. The van der Waals surface area contributed by atoms with E-state index in [0.29, 0.717) is 13.0 Å². The predicted molar refractivity (Wildman–Crippen MR) is 72.5 cm³/mol. The molecule has 0 radical (unpaired) electrons. The summed E-state index contributed by atoms with van der Waals surface area (Å²) >= 11 is 0. The topological polar surface area (TPSA) is 59.5 Å². The van der Waals surface area contributed by atoms with E-state index in [4.69, 9.17) is 10.2 Å². The summed E-state index contributed by atoms with van der Waals surface area (Å²) in [6, 6.07) is 7.68. The van der Waals surface area contributed by atoms with Gasteiger partial charge in [0, 0.05) is 18.4 Å². The predicted octanol–water partition coefficient (Wildman–Crippen LogP) is 2.38. The SMILES string of the molecule is CC(CCN)C(=O)N(C)c1coc2ccccc12. The molecule has 1 aromatic carbocycles. The highest BCUT2D eigenvalue weighted by Gasteiger charge is 2.20. The number of benzene rings is 1. The molecule has 2 rings (SSSR count). The molecule has 0 aliphatic rings. The van der Waals surface area contributed by atoms with Crippen LogP contribution in [0.25, 0.3) is 11.0 Å². The Morgan fingerprint density at radius 2 is 2.17 bits per heavy atom. The summed E-state index contributed by atoms with van der Waals surface area (Å²) in [4.78, 5) is 13.8. The molecule has 1 amide bonds. The summed E-state index contributed by atoms with van der Waals surface area (Å²) in [5.74, 6) is -0.0133. The number of amides is 1. The van der Waals surface area contributed by atoms with Gasteiger partial charge in [-0.05, 0) is 25.1 Å². The highest BCUT2D eigenvalue weighted by atomic mass is 16.3. The monoisotopic (exact) mass is 246 g/mol. The fraction of sp³-hybridized carbons (Fsp3) is 0.357. The van der Waals surface area contributed by atoms with Crippen molar-refractivity contribution in [1.29, 1.82) is 0 Å². The van der Waals surface area contributed by atoms with Gasteiger partial charge >= 0.3 is 0 Å². The number of anilines is 1. The maximum Gasteiger partial charge on any atom is 0.229 e. The molecular weight excluding hydrogens is 228 g/mol. The molecule has 0 saturated heterocycles. The minimum absolute atomic E-state index is 0.0620. The van der Waals surface area contributed by atoms with Crippen molar-refractivity contribution in [2.45, 2.75) is 13.3 Å². The minimum Gasteiger partial charge on any atom is -0.462 e. The van der Waals surface area contributed by atoms with Gasteiger partial charge in [0.1, 0.15) is 11.8 Å². The zero-order valence-electron chi connectivity index (χ0n) is 10.7. The number of carbonyl (C=O) groups excluding carboxylic acids is 1. The Morgan fingerprint density at radius 1 is 1.44 bits per heavy atom. The maximum absolute atomic E-state index is 12.2. The summed E-state index contributed by atoms with van der Waals surface area (Å²) in [6.07, 6.45) is 2.32. The van der Waals surface area contributed by atoms with Gasteiger partial charge in [0.25, 0.3) is 0 Å². The van der Waals surface area contributed by atoms with E-state index in [-0.39, 0.29) is 11.8 Å². The molecule has 0 bridgehead atoms. The van der Waals surface area contributed by atoms with E-state index < -0.39 is 0 Å². The van der Waals surface area contributed by atoms with Crippen molar-refractivity contribution < 1.29 is 9.21 Å². The first-order chi connectivity index (χ1) is 8.65. The minimum atomic E-state index is -0.0753. The second kappa shape index (κ2) is 5.23. The highest BCUT2D eigenvalue weighted by molar-refractivity contribution is 6.02. The Kier molecular flexibility index (Phi) is 3.67. The van der Waals surface area contributed by atoms with E-state index >= 15 is 0 Å². The van der Waals surface area contributed by atoms with Crippen LogP contribution in [0.4, 0.5) is 5.69 Å². The van der Waals surface area contributed by atoms with Crippen LogP contribution >= 0.6 is 0 Å². The van der Waals surface area contributed by atoms with Gasteiger partial charge in [-0.15, -0.1) is 0 Å². The van der Waals surface area contributed by atoms with Crippen LogP contribution in [-0.2, 0) is 4.79 Å². The number of furan rings is 1. The van der Waals surface area contributed by atoms with Crippen LogP contribution in [0.3, 0.4) is 0 Å². The van der Waals surface area contributed by atoms with Crippen molar-refractivity contribution in [3.8, 4) is 0 Å². The number of rotatable bonds is 4. The van der Waals surface area contributed by atoms with E-state index in [0.717, 1.165) is 16.7 Å². The molecule has 2 N–H and O–H groups in total. The second-order valence-corrected chi connectivity index (χ2v) is 4.49. The lowest BCUT2D eigenvalue weighted by Crippen LogP contribution is -2.32. The standard InChI is InChI=1S/C14H18N2O2/c1-10(7-8-15)14(17)16(2)12-9-18-13-6-4-3-5-11(12)13/h3-6,9-10H,7-8,15H2,1-2H3. The van der Waals surface area contributed by atoms with Crippen LogP contribution in [0.5, 0.6) is 0 Å². The Morgan fingerprint density at radius 3 is 2.89 bits per heavy atom. The number of nitrogens with zero attached hydrogens (tertiary/aromatic N) is 1. The average Bonchev–Trinajstić information content (AvgIpc) is 2.81. The average molecular weight is 246 g/mol. The number of hydrogen-bond acceptors (Lipinski definition) is 3. The van der Waals surface area contributed by atoms with Gasteiger partial charge in [0.15, 0.2) is 0 Å². The van der Waals surface area contributed by atoms with Crippen LogP contribution in [0.1, 0.15) is 13.3 Å². The molecule has 18 heavy (non-hydrogen) atoms. The van der Waals surface area contributed by atoms with Crippen molar-refractivity contribution >= 4 is 22.6 Å². The third-order valence-electron chi connectivity index (χ3n) is 3.17. The summed E-state index contributed by atoms with van der Waals surface area (Å²) in [6.45, 7) is 2.42. The van der Waals surface area contributed by atoms with Gasteiger partial charge in [-0.3, -0.25) is 4.79 Å². The van der Waals surface area contributed by atoms with E-state index in [9.17, 15) is 4.79 Å². The van der Waals surface area contributed by atoms with Gasteiger partial charge in [0.2, 0.25) is 5.91 Å². The number of fused-ring (bicyclic) bond motifs is 1.